The van der Waals surface area contributed by atoms with Crippen LogP contribution in [0.3, 0.4) is 0 Å². The lowest BCUT2D eigenvalue weighted by molar-refractivity contribution is 0.102. The van der Waals surface area contributed by atoms with E-state index in [-0.39, 0.29) is 5.91 Å². The Labute approximate surface area is 198 Å². The molecule has 168 valence electrons. The molecule has 3 aromatic carbocycles. The van der Waals surface area contributed by atoms with Crippen LogP contribution in [0.1, 0.15) is 27.0 Å². The molecule has 2 aromatic heterocycles. The first-order valence-electron chi connectivity index (χ1n) is 11.2. The summed E-state index contributed by atoms with van der Waals surface area (Å²) in [7, 11) is 0. The molecule has 0 aliphatic carbocycles. The molecule has 0 saturated heterocycles. The minimum absolute atomic E-state index is 0.183. The van der Waals surface area contributed by atoms with E-state index in [1.54, 1.807) is 12.1 Å². The molecule has 0 unspecified atom stereocenters. The summed E-state index contributed by atoms with van der Waals surface area (Å²) < 4.78 is 7.98. The van der Waals surface area contributed by atoms with E-state index in [4.69, 9.17) is 4.74 Å². The van der Waals surface area contributed by atoms with Crippen molar-refractivity contribution >= 4 is 22.5 Å². The maximum absolute atomic E-state index is 13.0. The van der Waals surface area contributed by atoms with E-state index in [0.717, 1.165) is 39.8 Å². The number of fused-ring (bicyclic) bond motifs is 1. The van der Waals surface area contributed by atoms with Crippen LogP contribution >= 0.6 is 0 Å². The minimum atomic E-state index is -0.183. The summed E-state index contributed by atoms with van der Waals surface area (Å²) in [5, 5.41) is 4.08. The van der Waals surface area contributed by atoms with Crippen LogP contribution in [0.5, 0.6) is 5.75 Å². The summed E-state index contributed by atoms with van der Waals surface area (Å²) in [6.45, 7) is 3.21. The third-order valence-corrected chi connectivity index (χ3v) is 5.79. The summed E-state index contributed by atoms with van der Waals surface area (Å²) in [5.41, 5.74) is 5.32. The predicted octanol–water partition coefficient (Wildman–Crippen LogP) is 6.22. The standard InChI is InChI=1S/C29H25N3O2/c1-21-27(13-12-24-16-23(18-30-28(21)24)19-32-14-5-6-15-32)31-29(33)25-10-7-11-26(17-25)34-20-22-8-3-2-4-9-22/h2-18H,19-20H2,1H3,(H,31,33). The summed E-state index contributed by atoms with van der Waals surface area (Å²) in [6, 6.07) is 27.3. The molecule has 0 radical (unpaired) electrons. The average Bonchev–Trinajstić information content (AvgIpc) is 3.38. The first-order valence-corrected chi connectivity index (χ1v) is 11.2. The lowest BCUT2D eigenvalue weighted by Gasteiger charge is -2.13. The molecule has 1 amide bonds. The highest BCUT2D eigenvalue weighted by atomic mass is 16.5. The van der Waals surface area contributed by atoms with Crippen molar-refractivity contribution in [1.82, 2.24) is 9.55 Å². The van der Waals surface area contributed by atoms with Crippen molar-refractivity contribution in [3.63, 3.8) is 0 Å². The molecule has 1 N–H and O–H groups in total. The van der Waals surface area contributed by atoms with Crippen LogP contribution in [0.15, 0.2) is 104 Å². The second kappa shape index (κ2) is 9.63. The topological polar surface area (TPSA) is 56.1 Å². The smallest absolute Gasteiger partial charge is 0.255 e. The summed E-state index contributed by atoms with van der Waals surface area (Å²) in [4.78, 5) is 17.7. The molecule has 0 fully saturated rings. The quantitative estimate of drug-likeness (QED) is 0.322. The number of anilines is 1. The van der Waals surface area contributed by atoms with Crippen LogP contribution in [0.25, 0.3) is 10.9 Å². The van der Waals surface area contributed by atoms with Gasteiger partial charge in [-0.15, -0.1) is 0 Å². The van der Waals surface area contributed by atoms with Gasteiger partial charge in [0.25, 0.3) is 5.91 Å². The number of ether oxygens (including phenoxy) is 1. The van der Waals surface area contributed by atoms with Crippen LogP contribution in [-0.4, -0.2) is 15.5 Å². The number of nitrogens with one attached hydrogen (secondary N) is 1. The van der Waals surface area contributed by atoms with E-state index in [1.165, 1.54) is 0 Å². The number of rotatable bonds is 7. The number of amides is 1. The van der Waals surface area contributed by atoms with Crippen molar-refractivity contribution in [2.45, 2.75) is 20.1 Å². The number of carbonyl (C=O) groups is 1. The van der Waals surface area contributed by atoms with Gasteiger partial charge in [0, 0.05) is 41.8 Å². The van der Waals surface area contributed by atoms with E-state index < -0.39 is 0 Å². The van der Waals surface area contributed by atoms with Gasteiger partial charge in [-0.05, 0) is 66.1 Å². The van der Waals surface area contributed by atoms with Gasteiger partial charge in [0.15, 0.2) is 0 Å². The Morgan fingerprint density at radius 2 is 1.74 bits per heavy atom. The van der Waals surface area contributed by atoms with Gasteiger partial charge in [0.05, 0.1) is 5.52 Å². The zero-order valence-electron chi connectivity index (χ0n) is 18.9. The third-order valence-electron chi connectivity index (χ3n) is 5.79. The minimum Gasteiger partial charge on any atom is -0.489 e. The van der Waals surface area contributed by atoms with E-state index in [0.29, 0.717) is 17.9 Å². The fourth-order valence-corrected chi connectivity index (χ4v) is 3.96. The van der Waals surface area contributed by atoms with Crippen molar-refractivity contribution in [2.75, 3.05) is 5.32 Å². The fraction of sp³-hybridized carbons (Fsp3) is 0.103. The Morgan fingerprint density at radius 3 is 2.56 bits per heavy atom. The van der Waals surface area contributed by atoms with Gasteiger partial charge < -0.3 is 14.6 Å². The summed E-state index contributed by atoms with van der Waals surface area (Å²) >= 11 is 0. The number of hydrogen-bond acceptors (Lipinski definition) is 3. The van der Waals surface area contributed by atoms with E-state index >= 15 is 0 Å². The van der Waals surface area contributed by atoms with Crippen LogP contribution in [0.2, 0.25) is 0 Å². The first-order chi connectivity index (χ1) is 16.7. The Kier molecular flexibility index (Phi) is 6.08. The predicted molar refractivity (Wildman–Crippen MR) is 135 cm³/mol. The number of nitrogens with zero attached hydrogens (tertiary/aromatic N) is 2. The SMILES string of the molecule is Cc1c(NC(=O)c2cccc(OCc3ccccc3)c2)ccc2cc(Cn3cccc3)cnc12. The van der Waals surface area contributed by atoms with Crippen molar-refractivity contribution in [2.24, 2.45) is 0 Å². The number of carbonyl (C=O) groups excluding carboxylic acids is 1. The van der Waals surface area contributed by atoms with E-state index in [1.807, 2.05) is 92.2 Å². The van der Waals surface area contributed by atoms with Crippen LogP contribution in [0, 0.1) is 6.92 Å². The third kappa shape index (κ3) is 4.84. The summed E-state index contributed by atoms with van der Waals surface area (Å²) in [5.74, 6) is 0.473. The van der Waals surface area contributed by atoms with Gasteiger partial charge in [0.1, 0.15) is 12.4 Å². The second-order valence-corrected chi connectivity index (χ2v) is 8.27. The molecule has 0 aliphatic heterocycles. The Balaban J connectivity index is 1.30. The fourth-order valence-electron chi connectivity index (χ4n) is 3.96. The van der Waals surface area contributed by atoms with Gasteiger partial charge >= 0.3 is 0 Å². The van der Waals surface area contributed by atoms with Crippen molar-refractivity contribution < 1.29 is 9.53 Å². The molecule has 0 spiro atoms. The lowest BCUT2D eigenvalue weighted by atomic mass is 10.1. The molecule has 2 heterocycles. The molecular weight excluding hydrogens is 422 g/mol. The zero-order valence-corrected chi connectivity index (χ0v) is 18.9. The van der Waals surface area contributed by atoms with Gasteiger partial charge in [-0.3, -0.25) is 9.78 Å². The number of hydrogen-bond donors (Lipinski definition) is 1. The molecule has 5 nitrogen and oxygen atoms in total. The van der Waals surface area contributed by atoms with Crippen LogP contribution in [0.4, 0.5) is 5.69 Å². The average molecular weight is 448 g/mol. The largest absolute Gasteiger partial charge is 0.489 e. The van der Waals surface area contributed by atoms with Gasteiger partial charge in [-0.25, -0.2) is 0 Å². The molecule has 0 aliphatic rings. The lowest BCUT2D eigenvalue weighted by Crippen LogP contribution is -2.13. The molecule has 0 atom stereocenters. The number of pyridine rings is 1. The molecular formula is C29H25N3O2. The zero-order chi connectivity index (χ0) is 23.3. The molecule has 0 saturated carbocycles. The van der Waals surface area contributed by atoms with Gasteiger partial charge in [0.2, 0.25) is 0 Å². The molecule has 34 heavy (non-hydrogen) atoms. The molecule has 5 aromatic rings. The Morgan fingerprint density at radius 1 is 0.912 bits per heavy atom. The number of benzene rings is 3. The maximum Gasteiger partial charge on any atom is 0.255 e. The monoisotopic (exact) mass is 447 g/mol. The molecule has 5 rings (SSSR count). The van der Waals surface area contributed by atoms with E-state index in [9.17, 15) is 4.79 Å². The van der Waals surface area contributed by atoms with Crippen molar-refractivity contribution in [3.8, 4) is 5.75 Å². The van der Waals surface area contributed by atoms with Crippen LogP contribution < -0.4 is 10.1 Å². The van der Waals surface area contributed by atoms with E-state index in [2.05, 4.69) is 20.9 Å². The number of aromatic nitrogens is 2. The van der Waals surface area contributed by atoms with Crippen molar-refractivity contribution in [1.29, 1.82) is 0 Å². The number of aryl methyl sites for hydroxylation is 1. The van der Waals surface area contributed by atoms with Gasteiger partial charge in [-0.1, -0.05) is 42.5 Å². The Hall–Kier alpha value is -4.38. The molecule has 0 bridgehead atoms. The maximum atomic E-state index is 13.0. The van der Waals surface area contributed by atoms with Gasteiger partial charge in [-0.2, -0.15) is 0 Å². The first kappa shape index (κ1) is 21.5. The highest BCUT2D eigenvalue weighted by Gasteiger charge is 2.12. The molecule has 5 heteroatoms. The second-order valence-electron chi connectivity index (χ2n) is 8.27. The normalized spacial score (nSPS) is 10.9. The Bertz CT molecular complexity index is 1430. The van der Waals surface area contributed by atoms with Crippen LogP contribution in [-0.2, 0) is 13.2 Å². The highest BCUT2D eigenvalue weighted by molar-refractivity contribution is 6.06. The highest BCUT2D eigenvalue weighted by Crippen LogP contribution is 2.26. The summed E-state index contributed by atoms with van der Waals surface area (Å²) in [6.07, 6.45) is 5.97. The van der Waals surface area contributed by atoms with Crippen molar-refractivity contribution in [3.05, 3.63) is 126 Å².